The lowest BCUT2D eigenvalue weighted by molar-refractivity contribution is 0.407. The molecule has 0 spiro atoms. The zero-order valence-electron chi connectivity index (χ0n) is 14.1. The van der Waals surface area contributed by atoms with Crippen LogP contribution in [0.3, 0.4) is 0 Å². The van der Waals surface area contributed by atoms with E-state index in [0.717, 1.165) is 35.7 Å². The molecule has 122 valence electrons. The standard InChI is InChI=1S/C21H22N2O/c1-16-19(12-20(15-23-16)17-8-4-3-5-9-17)14-22-13-18-10-6-7-11-21(18)24-2/h3-12,15,22H,13-14H2,1-2H3. The van der Waals surface area contributed by atoms with Crippen molar-refractivity contribution in [1.29, 1.82) is 0 Å². The van der Waals surface area contributed by atoms with Gasteiger partial charge in [-0.2, -0.15) is 0 Å². The Morgan fingerprint density at radius 1 is 0.875 bits per heavy atom. The molecule has 1 heterocycles. The van der Waals surface area contributed by atoms with Crippen molar-refractivity contribution in [2.75, 3.05) is 7.11 Å². The van der Waals surface area contributed by atoms with E-state index in [4.69, 9.17) is 4.74 Å². The molecule has 0 bridgehead atoms. The SMILES string of the molecule is COc1ccccc1CNCc1cc(-c2ccccc2)cnc1C. The van der Waals surface area contributed by atoms with Crippen LogP contribution in [0.25, 0.3) is 11.1 Å². The van der Waals surface area contributed by atoms with E-state index in [2.05, 4.69) is 53.6 Å². The lowest BCUT2D eigenvalue weighted by atomic mass is 10.0. The van der Waals surface area contributed by atoms with E-state index >= 15 is 0 Å². The van der Waals surface area contributed by atoms with Gasteiger partial charge in [0.15, 0.2) is 0 Å². The summed E-state index contributed by atoms with van der Waals surface area (Å²) >= 11 is 0. The summed E-state index contributed by atoms with van der Waals surface area (Å²) in [6.07, 6.45) is 1.94. The molecule has 0 atom stereocenters. The smallest absolute Gasteiger partial charge is 0.123 e. The Morgan fingerprint density at radius 3 is 2.38 bits per heavy atom. The Labute approximate surface area is 143 Å². The average Bonchev–Trinajstić information content (AvgIpc) is 2.64. The topological polar surface area (TPSA) is 34.1 Å². The van der Waals surface area contributed by atoms with Crippen LogP contribution in [0, 0.1) is 6.92 Å². The van der Waals surface area contributed by atoms with Crippen molar-refractivity contribution >= 4 is 0 Å². The number of methoxy groups -OCH3 is 1. The van der Waals surface area contributed by atoms with Crippen LogP contribution < -0.4 is 10.1 Å². The minimum atomic E-state index is 0.763. The Balaban J connectivity index is 1.71. The molecule has 2 aromatic carbocycles. The van der Waals surface area contributed by atoms with Crippen LogP contribution in [0.4, 0.5) is 0 Å². The normalized spacial score (nSPS) is 10.6. The third-order valence-electron chi connectivity index (χ3n) is 4.12. The van der Waals surface area contributed by atoms with Crippen molar-refractivity contribution in [2.45, 2.75) is 20.0 Å². The maximum Gasteiger partial charge on any atom is 0.123 e. The molecule has 0 aliphatic heterocycles. The summed E-state index contributed by atoms with van der Waals surface area (Å²) in [7, 11) is 1.70. The molecule has 3 nitrogen and oxygen atoms in total. The highest BCUT2D eigenvalue weighted by molar-refractivity contribution is 5.63. The maximum atomic E-state index is 5.40. The third-order valence-corrected chi connectivity index (χ3v) is 4.12. The van der Waals surface area contributed by atoms with Crippen LogP contribution in [-0.4, -0.2) is 12.1 Å². The number of para-hydroxylation sites is 1. The van der Waals surface area contributed by atoms with Crippen LogP contribution in [0.1, 0.15) is 16.8 Å². The van der Waals surface area contributed by atoms with E-state index < -0.39 is 0 Å². The highest BCUT2D eigenvalue weighted by atomic mass is 16.5. The quantitative estimate of drug-likeness (QED) is 0.733. The number of aryl methyl sites for hydroxylation is 1. The van der Waals surface area contributed by atoms with Gasteiger partial charge in [0.2, 0.25) is 0 Å². The highest BCUT2D eigenvalue weighted by Gasteiger charge is 2.05. The van der Waals surface area contributed by atoms with Crippen molar-refractivity contribution < 1.29 is 4.74 Å². The fraction of sp³-hybridized carbons (Fsp3) is 0.190. The summed E-state index contributed by atoms with van der Waals surface area (Å²) in [5.41, 5.74) is 5.77. The molecule has 0 aliphatic rings. The number of benzene rings is 2. The van der Waals surface area contributed by atoms with Crippen LogP contribution in [0.15, 0.2) is 66.9 Å². The number of aromatic nitrogens is 1. The molecule has 0 radical (unpaired) electrons. The summed E-state index contributed by atoms with van der Waals surface area (Å²) in [4.78, 5) is 4.55. The van der Waals surface area contributed by atoms with Gasteiger partial charge in [-0.1, -0.05) is 48.5 Å². The van der Waals surface area contributed by atoms with Crippen molar-refractivity contribution in [3.05, 3.63) is 83.7 Å². The van der Waals surface area contributed by atoms with Crippen molar-refractivity contribution in [1.82, 2.24) is 10.3 Å². The van der Waals surface area contributed by atoms with E-state index in [1.807, 2.05) is 30.5 Å². The van der Waals surface area contributed by atoms with Gasteiger partial charge in [0.1, 0.15) is 5.75 Å². The van der Waals surface area contributed by atoms with E-state index in [1.54, 1.807) is 7.11 Å². The first-order valence-electron chi connectivity index (χ1n) is 8.11. The Morgan fingerprint density at radius 2 is 1.58 bits per heavy atom. The molecule has 1 aromatic heterocycles. The molecule has 0 aliphatic carbocycles. The molecule has 0 saturated carbocycles. The highest BCUT2D eigenvalue weighted by Crippen LogP contribution is 2.21. The number of rotatable bonds is 6. The van der Waals surface area contributed by atoms with Crippen LogP contribution in [0.2, 0.25) is 0 Å². The van der Waals surface area contributed by atoms with Crippen LogP contribution in [0.5, 0.6) is 5.75 Å². The maximum absolute atomic E-state index is 5.40. The van der Waals surface area contributed by atoms with Crippen LogP contribution in [-0.2, 0) is 13.1 Å². The number of nitrogens with one attached hydrogen (secondary N) is 1. The number of hydrogen-bond acceptors (Lipinski definition) is 3. The first-order valence-corrected chi connectivity index (χ1v) is 8.11. The summed E-state index contributed by atoms with van der Waals surface area (Å²) < 4.78 is 5.40. The third kappa shape index (κ3) is 3.81. The summed E-state index contributed by atoms with van der Waals surface area (Å²) in [6.45, 7) is 3.59. The average molecular weight is 318 g/mol. The molecule has 0 fully saturated rings. The first kappa shape index (κ1) is 16.2. The molecule has 0 saturated heterocycles. The monoisotopic (exact) mass is 318 g/mol. The Bertz CT molecular complexity index is 800. The molecule has 0 unspecified atom stereocenters. The lowest BCUT2D eigenvalue weighted by Gasteiger charge is -2.12. The molecule has 3 rings (SSSR count). The molecule has 3 heteroatoms. The zero-order chi connectivity index (χ0) is 16.8. The van der Waals surface area contributed by atoms with Gasteiger partial charge < -0.3 is 10.1 Å². The van der Waals surface area contributed by atoms with E-state index in [0.29, 0.717) is 0 Å². The Kier molecular flexibility index (Phi) is 5.24. The zero-order valence-corrected chi connectivity index (χ0v) is 14.1. The van der Waals surface area contributed by atoms with Gasteiger partial charge in [-0.3, -0.25) is 4.98 Å². The second kappa shape index (κ2) is 7.75. The largest absolute Gasteiger partial charge is 0.496 e. The van der Waals surface area contributed by atoms with Gasteiger partial charge in [-0.15, -0.1) is 0 Å². The molecule has 24 heavy (non-hydrogen) atoms. The van der Waals surface area contributed by atoms with Crippen LogP contribution >= 0.6 is 0 Å². The second-order valence-corrected chi connectivity index (χ2v) is 5.75. The molecular weight excluding hydrogens is 296 g/mol. The molecule has 3 aromatic rings. The van der Waals surface area contributed by atoms with Gasteiger partial charge in [0, 0.05) is 36.1 Å². The number of hydrogen-bond donors (Lipinski definition) is 1. The first-order chi connectivity index (χ1) is 11.8. The fourth-order valence-electron chi connectivity index (χ4n) is 2.73. The minimum absolute atomic E-state index is 0.763. The second-order valence-electron chi connectivity index (χ2n) is 5.75. The fourth-order valence-corrected chi connectivity index (χ4v) is 2.73. The van der Waals surface area contributed by atoms with Gasteiger partial charge >= 0.3 is 0 Å². The van der Waals surface area contributed by atoms with Crippen molar-refractivity contribution in [3.8, 4) is 16.9 Å². The predicted molar refractivity (Wildman–Crippen MR) is 97.9 cm³/mol. The summed E-state index contributed by atoms with van der Waals surface area (Å²) in [5.74, 6) is 0.915. The number of pyridine rings is 1. The molecule has 0 amide bonds. The van der Waals surface area contributed by atoms with Gasteiger partial charge in [-0.25, -0.2) is 0 Å². The number of ether oxygens (including phenoxy) is 1. The molecular formula is C21H22N2O. The van der Waals surface area contributed by atoms with Crippen molar-refractivity contribution in [2.24, 2.45) is 0 Å². The van der Waals surface area contributed by atoms with Gasteiger partial charge in [0.25, 0.3) is 0 Å². The number of nitrogens with zero attached hydrogens (tertiary/aromatic N) is 1. The van der Waals surface area contributed by atoms with Gasteiger partial charge in [0.05, 0.1) is 7.11 Å². The van der Waals surface area contributed by atoms with Gasteiger partial charge in [-0.05, 0) is 30.2 Å². The van der Waals surface area contributed by atoms with E-state index in [1.165, 1.54) is 11.1 Å². The minimum Gasteiger partial charge on any atom is -0.496 e. The van der Waals surface area contributed by atoms with E-state index in [9.17, 15) is 0 Å². The summed E-state index contributed by atoms with van der Waals surface area (Å²) in [5, 5.41) is 3.49. The summed E-state index contributed by atoms with van der Waals surface area (Å²) in [6, 6.07) is 20.6. The van der Waals surface area contributed by atoms with E-state index in [-0.39, 0.29) is 0 Å². The predicted octanol–water partition coefficient (Wildman–Crippen LogP) is 4.36. The molecule has 1 N–H and O–H groups in total. The lowest BCUT2D eigenvalue weighted by Crippen LogP contribution is -2.14. The Hall–Kier alpha value is -2.65. The van der Waals surface area contributed by atoms with Crippen molar-refractivity contribution in [3.63, 3.8) is 0 Å².